The zero-order chi connectivity index (χ0) is 30.5. The van der Waals surface area contributed by atoms with E-state index in [0.717, 1.165) is 16.5 Å². The van der Waals surface area contributed by atoms with Gasteiger partial charge in [-0.25, -0.2) is 13.5 Å². The van der Waals surface area contributed by atoms with E-state index >= 15 is 0 Å². The van der Waals surface area contributed by atoms with Gasteiger partial charge in [-0.05, 0) is 30.4 Å². The van der Waals surface area contributed by atoms with Crippen LogP contribution in [0.15, 0.2) is 48.9 Å². The van der Waals surface area contributed by atoms with Crippen LogP contribution in [-0.2, 0) is 12.6 Å². The minimum atomic E-state index is -2.56. The highest BCUT2D eigenvalue weighted by Crippen LogP contribution is 2.48. The lowest BCUT2D eigenvalue weighted by atomic mass is 9.96. The maximum Gasteiger partial charge on any atom is 0.263 e. The number of aromatic nitrogens is 6. The maximum atomic E-state index is 13.9. The second-order valence-corrected chi connectivity index (χ2v) is 12.2. The van der Waals surface area contributed by atoms with E-state index in [1.807, 2.05) is 31.3 Å². The van der Waals surface area contributed by atoms with E-state index in [2.05, 4.69) is 63.9 Å². The van der Waals surface area contributed by atoms with Gasteiger partial charge >= 0.3 is 0 Å². The van der Waals surface area contributed by atoms with E-state index in [1.165, 1.54) is 10.9 Å². The van der Waals surface area contributed by atoms with Crippen LogP contribution in [-0.4, -0.2) is 42.7 Å². The number of pyridine rings is 1. The summed E-state index contributed by atoms with van der Waals surface area (Å²) in [7, 11) is 1.84. The van der Waals surface area contributed by atoms with E-state index in [1.54, 1.807) is 23.1 Å². The number of anilines is 2. The van der Waals surface area contributed by atoms with Crippen LogP contribution in [0.3, 0.4) is 0 Å². The maximum absolute atomic E-state index is 13.9. The Balaban J connectivity index is 1.51. The summed E-state index contributed by atoms with van der Waals surface area (Å²) in [6.45, 7) is 6.83. The van der Waals surface area contributed by atoms with Crippen molar-refractivity contribution in [3.63, 3.8) is 0 Å². The van der Waals surface area contributed by atoms with Crippen molar-refractivity contribution >= 4 is 33.2 Å². The first-order valence-electron chi connectivity index (χ1n) is 13.9. The van der Waals surface area contributed by atoms with Gasteiger partial charge in [-0.15, -0.1) is 5.10 Å². The number of fused-ring (bicyclic) bond motifs is 2. The van der Waals surface area contributed by atoms with Crippen LogP contribution < -0.4 is 10.6 Å². The third kappa shape index (κ3) is 4.99. The lowest BCUT2D eigenvalue weighted by Gasteiger charge is -2.23. The molecule has 0 aliphatic heterocycles. The molecule has 3 heterocycles. The van der Waals surface area contributed by atoms with Gasteiger partial charge in [0.2, 0.25) is 0 Å². The molecule has 0 amide bonds. The van der Waals surface area contributed by atoms with Crippen molar-refractivity contribution in [1.82, 2.24) is 29.8 Å². The largest absolute Gasteiger partial charge is 0.383 e. The molecule has 1 aliphatic carbocycles. The Hall–Kier alpha value is -5.10. The molecule has 43 heavy (non-hydrogen) atoms. The summed E-state index contributed by atoms with van der Waals surface area (Å²) >= 11 is 0. The third-order valence-corrected chi connectivity index (χ3v) is 7.85. The number of alkyl halides is 2. The summed E-state index contributed by atoms with van der Waals surface area (Å²) in [5, 5.41) is 41.3. The molecule has 1 aliphatic rings. The molecule has 5 aromatic rings. The molecular weight excluding hydrogens is 550 g/mol. The summed E-state index contributed by atoms with van der Waals surface area (Å²) in [4.78, 5) is 4.44. The molecule has 6 rings (SSSR count). The Morgan fingerprint density at radius 2 is 1.86 bits per heavy atom. The molecule has 2 N–H and O–H groups in total. The normalized spacial score (nSPS) is 14.9. The number of nitriles is 2. The number of nitrogens with zero attached hydrogens (tertiary/aromatic N) is 8. The Labute approximate surface area is 246 Å². The number of hydrogen-bond donors (Lipinski definition) is 2. The number of para-hydroxylation sites is 1. The molecule has 0 spiro atoms. The first-order valence-corrected chi connectivity index (χ1v) is 13.9. The van der Waals surface area contributed by atoms with Crippen molar-refractivity contribution in [2.45, 2.75) is 51.6 Å². The Kier molecular flexibility index (Phi) is 6.73. The molecular formula is C31H30F2N10. The first kappa shape index (κ1) is 28.0. The molecule has 1 saturated carbocycles. The molecule has 1 atom stereocenters. The minimum absolute atomic E-state index is 0.0773. The van der Waals surface area contributed by atoms with Crippen molar-refractivity contribution in [3.05, 3.63) is 71.3 Å². The van der Waals surface area contributed by atoms with Gasteiger partial charge in [0.25, 0.3) is 6.43 Å². The molecule has 0 saturated heterocycles. The highest BCUT2D eigenvalue weighted by molar-refractivity contribution is 5.99. The predicted molar refractivity (Wildman–Crippen MR) is 159 cm³/mol. The SMILES string of the molecule is Cn1ncc2cccc(C(Nc3cc(C#N)c4ncc(C#N)c(NCC(C)(C)C)c4c3)c3cn(C4(C(F)F)CC4)nn3)c21. The van der Waals surface area contributed by atoms with Crippen molar-refractivity contribution in [2.75, 3.05) is 17.2 Å². The van der Waals surface area contributed by atoms with Crippen LogP contribution >= 0.6 is 0 Å². The van der Waals surface area contributed by atoms with Crippen LogP contribution in [0.4, 0.5) is 20.2 Å². The number of aryl methyl sites for hydroxylation is 1. The summed E-state index contributed by atoms with van der Waals surface area (Å²) in [5.74, 6) is 0. The fraction of sp³-hybridized carbons (Fsp3) is 0.355. The number of hydrogen-bond acceptors (Lipinski definition) is 8. The summed E-state index contributed by atoms with van der Waals surface area (Å²) in [6, 6.07) is 13.1. The average Bonchev–Trinajstić information content (AvgIpc) is 3.50. The van der Waals surface area contributed by atoms with Crippen LogP contribution in [0.1, 0.15) is 62.0 Å². The van der Waals surface area contributed by atoms with E-state index < -0.39 is 18.0 Å². The second-order valence-electron chi connectivity index (χ2n) is 12.2. The highest BCUT2D eigenvalue weighted by atomic mass is 19.3. The first-order chi connectivity index (χ1) is 20.5. The molecule has 10 nitrogen and oxygen atoms in total. The lowest BCUT2D eigenvalue weighted by molar-refractivity contribution is 0.0593. The van der Waals surface area contributed by atoms with Crippen LogP contribution in [0.25, 0.3) is 21.8 Å². The van der Waals surface area contributed by atoms with Gasteiger partial charge in [0.05, 0.1) is 46.3 Å². The molecule has 1 fully saturated rings. The topological polar surface area (TPSA) is 133 Å². The minimum Gasteiger partial charge on any atom is -0.383 e. The van der Waals surface area contributed by atoms with E-state index in [0.29, 0.717) is 58.5 Å². The fourth-order valence-electron chi connectivity index (χ4n) is 5.38. The number of halogens is 2. The van der Waals surface area contributed by atoms with Crippen LogP contribution in [0.2, 0.25) is 0 Å². The van der Waals surface area contributed by atoms with E-state index in [4.69, 9.17) is 0 Å². The molecule has 3 aromatic heterocycles. The second kappa shape index (κ2) is 10.3. The monoisotopic (exact) mass is 580 g/mol. The molecule has 0 radical (unpaired) electrons. The summed E-state index contributed by atoms with van der Waals surface area (Å²) in [6.07, 6.45) is 2.91. The zero-order valence-electron chi connectivity index (χ0n) is 24.2. The molecule has 1 unspecified atom stereocenters. The third-order valence-electron chi connectivity index (χ3n) is 7.85. The van der Waals surface area contributed by atoms with Gasteiger partial charge in [0.15, 0.2) is 0 Å². The Morgan fingerprint density at radius 3 is 2.53 bits per heavy atom. The molecule has 2 aromatic carbocycles. The quantitative estimate of drug-likeness (QED) is 0.233. The Bertz CT molecular complexity index is 1930. The van der Waals surface area contributed by atoms with Gasteiger partial charge in [-0.2, -0.15) is 15.6 Å². The van der Waals surface area contributed by atoms with Crippen LogP contribution in [0, 0.1) is 28.1 Å². The lowest BCUT2D eigenvalue weighted by Crippen LogP contribution is -2.26. The smallest absolute Gasteiger partial charge is 0.263 e. The number of nitrogens with one attached hydrogen (secondary N) is 2. The van der Waals surface area contributed by atoms with Crippen molar-refractivity contribution in [2.24, 2.45) is 12.5 Å². The van der Waals surface area contributed by atoms with E-state index in [-0.39, 0.29) is 5.41 Å². The van der Waals surface area contributed by atoms with Gasteiger partial charge in [0.1, 0.15) is 23.4 Å². The summed E-state index contributed by atoms with van der Waals surface area (Å²) in [5.41, 5.74) is 2.97. The predicted octanol–water partition coefficient (Wildman–Crippen LogP) is 5.87. The van der Waals surface area contributed by atoms with Gasteiger partial charge in [-0.3, -0.25) is 9.67 Å². The van der Waals surface area contributed by atoms with Gasteiger partial charge < -0.3 is 10.6 Å². The average molecular weight is 581 g/mol. The van der Waals surface area contributed by atoms with Gasteiger partial charge in [0, 0.05) is 41.8 Å². The molecule has 0 bridgehead atoms. The van der Waals surface area contributed by atoms with Crippen molar-refractivity contribution in [1.29, 1.82) is 10.5 Å². The molecule has 218 valence electrons. The van der Waals surface area contributed by atoms with E-state index in [9.17, 15) is 19.3 Å². The standard InChI is InChI=1S/C31H30F2N10/c1-30(2,3)17-37-26-20(13-35)14-36-25-19(12-34)10-21(11-23(25)26)39-27(22-7-5-6-18-15-38-42(4)28(18)22)24-16-43(41-40-24)31(8-9-31)29(32)33/h5-7,10-11,14-16,27,29,39H,8-9,17H2,1-4H3,(H,36,37). The van der Waals surface area contributed by atoms with Gasteiger partial charge in [-0.1, -0.05) is 44.2 Å². The zero-order valence-corrected chi connectivity index (χ0v) is 24.2. The Morgan fingerprint density at radius 1 is 1.09 bits per heavy atom. The molecule has 12 heteroatoms. The van der Waals surface area contributed by atoms with Crippen molar-refractivity contribution in [3.8, 4) is 12.1 Å². The fourth-order valence-corrected chi connectivity index (χ4v) is 5.38. The van der Waals surface area contributed by atoms with Crippen LogP contribution in [0.5, 0.6) is 0 Å². The highest BCUT2D eigenvalue weighted by Gasteiger charge is 2.54. The summed E-state index contributed by atoms with van der Waals surface area (Å²) < 4.78 is 30.9. The van der Waals surface area contributed by atoms with Crippen molar-refractivity contribution < 1.29 is 8.78 Å². The number of benzene rings is 2. The number of rotatable bonds is 8.